The maximum atomic E-state index is 14.0. The van der Waals surface area contributed by atoms with Crippen LogP contribution in [0.15, 0.2) is 42.5 Å². The maximum Gasteiger partial charge on any atom is 0.123 e. The molecule has 0 spiro atoms. The quantitative estimate of drug-likeness (QED) is 0.702. The molecule has 1 saturated heterocycles. The highest BCUT2D eigenvalue weighted by Gasteiger charge is 2.36. The van der Waals surface area contributed by atoms with Crippen LogP contribution in [-0.4, -0.2) is 62.2 Å². The molecule has 2 atom stereocenters. The van der Waals surface area contributed by atoms with Gasteiger partial charge in [-0.1, -0.05) is 18.2 Å². The summed E-state index contributed by atoms with van der Waals surface area (Å²) in [4.78, 5) is 5.02. The molecular weight excluding hydrogens is 370 g/mol. The van der Waals surface area contributed by atoms with Gasteiger partial charge in [0.15, 0.2) is 0 Å². The molecule has 2 aromatic carbocycles. The molecule has 0 aromatic heterocycles. The number of rotatable bonds is 7. The number of nitrogens with one attached hydrogen (secondary N) is 1. The van der Waals surface area contributed by atoms with Gasteiger partial charge in [-0.2, -0.15) is 0 Å². The van der Waals surface area contributed by atoms with Crippen molar-refractivity contribution in [3.05, 3.63) is 70.8 Å². The van der Waals surface area contributed by atoms with Gasteiger partial charge in [0, 0.05) is 64.3 Å². The molecule has 4 rings (SSSR count). The van der Waals surface area contributed by atoms with Crippen molar-refractivity contribution in [3.8, 4) is 0 Å². The van der Waals surface area contributed by atoms with Crippen LogP contribution < -0.4 is 11.1 Å². The highest BCUT2D eigenvalue weighted by molar-refractivity contribution is 5.45. The smallest absolute Gasteiger partial charge is 0.123 e. The zero-order valence-electron chi connectivity index (χ0n) is 16.8. The van der Waals surface area contributed by atoms with Crippen molar-refractivity contribution < 1.29 is 8.78 Å². The Morgan fingerprint density at radius 2 is 1.62 bits per heavy atom. The Labute approximate surface area is 171 Å². The van der Waals surface area contributed by atoms with Crippen LogP contribution in [-0.2, 0) is 0 Å². The number of halogens is 2. The fourth-order valence-corrected chi connectivity index (χ4v) is 4.75. The lowest BCUT2D eigenvalue weighted by atomic mass is 9.93. The van der Waals surface area contributed by atoms with E-state index in [9.17, 15) is 8.78 Å². The molecule has 2 aliphatic rings. The molecule has 1 heterocycles. The number of piperazine rings is 1. The summed E-state index contributed by atoms with van der Waals surface area (Å²) in [6.45, 7) is 7.64. The number of benzene rings is 2. The number of fused-ring (bicyclic) bond motifs is 1. The Kier molecular flexibility index (Phi) is 6.55. The Bertz CT molecular complexity index is 803. The molecule has 1 aliphatic carbocycles. The average Bonchev–Trinajstić information content (AvgIpc) is 3.11. The van der Waals surface area contributed by atoms with E-state index in [0.29, 0.717) is 6.54 Å². The predicted molar refractivity (Wildman–Crippen MR) is 112 cm³/mol. The van der Waals surface area contributed by atoms with Crippen LogP contribution in [0, 0.1) is 11.6 Å². The third-order valence-corrected chi connectivity index (χ3v) is 6.29. The van der Waals surface area contributed by atoms with Gasteiger partial charge in [-0.3, -0.25) is 9.80 Å². The molecular formula is C23H30F2N4. The largest absolute Gasteiger partial charge is 0.329 e. The minimum atomic E-state index is -0.236. The van der Waals surface area contributed by atoms with Crippen LogP contribution in [0.1, 0.15) is 35.1 Å². The third kappa shape index (κ3) is 4.67. The summed E-state index contributed by atoms with van der Waals surface area (Å²) >= 11 is 0. The lowest BCUT2D eigenvalue weighted by Crippen LogP contribution is -2.49. The summed E-state index contributed by atoms with van der Waals surface area (Å²) < 4.78 is 27.4. The zero-order valence-corrected chi connectivity index (χ0v) is 16.8. The van der Waals surface area contributed by atoms with E-state index in [2.05, 4.69) is 15.1 Å². The summed E-state index contributed by atoms with van der Waals surface area (Å²) in [7, 11) is 0. The molecule has 4 nitrogen and oxygen atoms in total. The summed E-state index contributed by atoms with van der Waals surface area (Å²) in [6.07, 6.45) is 0.919. The van der Waals surface area contributed by atoms with E-state index in [4.69, 9.17) is 5.73 Å². The topological polar surface area (TPSA) is 44.5 Å². The summed E-state index contributed by atoms with van der Waals surface area (Å²) in [6, 6.07) is 12.1. The molecule has 3 N–H and O–H groups in total. The van der Waals surface area contributed by atoms with Gasteiger partial charge in [0.2, 0.25) is 0 Å². The molecule has 1 aliphatic heterocycles. The van der Waals surface area contributed by atoms with E-state index < -0.39 is 0 Å². The van der Waals surface area contributed by atoms with Crippen molar-refractivity contribution in [3.63, 3.8) is 0 Å². The molecule has 156 valence electrons. The van der Waals surface area contributed by atoms with Gasteiger partial charge >= 0.3 is 0 Å². The van der Waals surface area contributed by atoms with Crippen molar-refractivity contribution >= 4 is 0 Å². The standard InChI is InChI=1S/C23H30F2N4/c24-18-3-1-17(2-4-18)21-16-23(20-6-5-19(25)15-22(20)21)29-13-11-28(12-14-29)10-9-27-8-7-26/h1-6,15,21,23,27H,7-14,16,26H2/t21-,23+/m1/s1. The fourth-order valence-electron chi connectivity index (χ4n) is 4.75. The summed E-state index contributed by atoms with van der Waals surface area (Å²) in [5.41, 5.74) is 8.85. The van der Waals surface area contributed by atoms with Crippen molar-refractivity contribution in [1.29, 1.82) is 0 Å². The van der Waals surface area contributed by atoms with Crippen molar-refractivity contribution in [2.45, 2.75) is 18.4 Å². The lowest BCUT2D eigenvalue weighted by molar-refractivity contribution is 0.0954. The van der Waals surface area contributed by atoms with E-state index in [1.54, 1.807) is 12.1 Å². The second kappa shape index (κ2) is 9.30. The van der Waals surface area contributed by atoms with Gasteiger partial charge in [-0.15, -0.1) is 0 Å². The first-order valence-electron chi connectivity index (χ1n) is 10.6. The first kappa shape index (κ1) is 20.4. The normalized spacial score (nSPS) is 22.7. The molecule has 29 heavy (non-hydrogen) atoms. The van der Waals surface area contributed by atoms with Crippen molar-refractivity contribution in [2.75, 3.05) is 52.4 Å². The van der Waals surface area contributed by atoms with Gasteiger partial charge in [-0.25, -0.2) is 8.78 Å². The van der Waals surface area contributed by atoms with Crippen LogP contribution in [0.3, 0.4) is 0 Å². The average molecular weight is 401 g/mol. The molecule has 6 heteroatoms. The highest BCUT2D eigenvalue weighted by Crippen LogP contribution is 2.47. The fraction of sp³-hybridized carbons (Fsp3) is 0.478. The Hall–Kier alpha value is -1.86. The van der Waals surface area contributed by atoms with Crippen LogP contribution in [0.25, 0.3) is 0 Å². The molecule has 0 amide bonds. The number of hydrogen-bond acceptors (Lipinski definition) is 4. The lowest BCUT2D eigenvalue weighted by Gasteiger charge is -2.38. The molecule has 0 unspecified atom stereocenters. The van der Waals surface area contributed by atoms with Gasteiger partial charge in [0.25, 0.3) is 0 Å². The van der Waals surface area contributed by atoms with Gasteiger partial charge < -0.3 is 11.1 Å². The van der Waals surface area contributed by atoms with E-state index in [1.807, 2.05) is 18.2 Å². The highest BCUT2D eigenvalue weighted by atomic mass is 19.1. The van der Waals surface area contributed by atoms with Crippen LogP contribution in [0.2, 0.25) is 0 Å². The SMILES string of the molecule is NCCNCCN1CCN([C@H]2C[C@H](c3ccc(F)cc3)c3cc(F)ccc32)CC1. The Balaban J connectivity index is 1.45. The maximum absolute atomic E-state index is 14.0. The second-order valence-corrected chi connectivity index (χ2v) is 8.05. The van der Waals surface area contributed by atoms with E-state index in [-0.39, 0.29) is 23.6 Å². The summed E-state index contributed by atoms with van der Waals surface area (Å²) in [5, 5.41) is 3.35. The molecule has 1 fully saturated rings. The van der Waals surface area contributed by atoms with Crippen LogP contribution in [0.5, 0.6) is 0 Å². The minimum Gasteiger partial charge on any atom is -0.329 e. The van der Waals surface area contributed by atoms with Crippen LogP contribution in [0.4, 0.5) is 8.78 Å². The zero-order chi connectivity index (χ0) is 20.2. The second-order valence-electron chi connectivity index (χ2n) is 8.05. The molecule has 2 aromatic rings. The summed E-state index contributed by atoms with van der Waals surface area (Å²) in [5.74, 6) is -0.323. The molecule has 0 saturated carbocycles. The first-order chi connectivity index (χ1) is 14.2. The number of nitrogens with two attached hydrogens (primary N) is 1. The minimum absolute atomic E-state index is 0.116. The number of nitrogens with zero attached hydrogens (tertiary/aromatic N) is 2. The van der Waals surface area contributed by atoms with Crippen molar-refractivity contribution in [2.24, 2.45) is 5.73 Å². The number of hydrogen-bond donors (Lipinski definition) is 2. The van der Waals surface area contributed by atoms with E-state index in [0.717, 1.165) is 63.4 Å². The molecule has 0 radical (unpaired) electrons. The predicted octanol–water partition coefficient (Wildman–Crippen LogP) is 2.71. The molecule has 0 bridgehead atoms. The van der Waals surface area contributed by atoms with Gasteiger partial charge in [0.05, 0.1) is 0 Å². The van der Waals surface area contributed by atoms with Gasteiger partial charge in [-0.05, 0) is 47.4 Å². The first-order valence-corrected chi connectivity index (χ1v) is 10.6. The third-order valence-electron chi connectivity index (χ3n) is 6.29. The van der Waals surface area contributed by atoms with Crippen LogP contribution >= 0.6 is 0 Å². The Morgan fingerprint density at radius 3 is 2.34 bits per heavy atom. The van der Waals surface area contributed by atoms with Crippen molar-refractivity contribution in [1.82, 2.24) is 15.1 Å². The Morgan fingerprint density at radius 1 is 0.897 bits per heavy atom. The van der Waals surface area contributed by atoms with E-state index in [1.165, 1.54) is 17.7 Å². The van der Waals surface area contributed by atoms with Gasteiger partial charge in [0.1, 0.15) is 11.6 Å². The monoisotopic (exact) mass is 400 g/mol. The van der Waals surface area contributed by atoms with E-state index >= 15 is 0 Å².